The number of aromatic amines is 1. The normalized spacial score (nSPS) is 10.9. The van der Waals surface area contributed by atoms with Gasteiger partial charge in [-0.15, -0.1) is 5.10 Å². The summed E-state index contributed by atoms with van der Waals surface area (Å²) in [4.78, 5) is 17.4. The number of rotatable bonds is 4. The van der Waals surface area contributed by atoms with Crippen molar-refractivity contribution in [1.29, 1.82) is 0 Å². The Morgan fingerprint density at radius 1 is 0.935 bits per heavy atom. The molecular weight excluding hydrogens is 412 g/mol. The molecule has 1 amide bonds. The standard InChI is InChI=1S/C23H15ClN6O/c24-18-7-9-21(19(13-18)22-27-29-30-28-22)26-23(31)17-4-1-3-14(12-17)15-6-8-20-16(11-15)5-2-10-25-20/h1-13H,(H,26,31)(H,27,28,29,30). The second-order valence-electron chi connectivity index (χ2n) is 6.89. The van der Waals surface area contributed by atoms with Gasteiger partial charge in [-0.05, 0) is 70.1 Å². The molecule has 2 aromatic heterocycles. The van der Waals surface area contributed by atoms with Crippen molar-refractivity contribution >= 4 is 34.1 Å². The van der Waals surface area contributed by atoms with Gasteiger partial charge in [0.05, 0.1) is 11.2 Å². The van der Waals surface area contributed by atoms with Gasteiger partial charge < -0.3 is 5.32 Å². The number of hydrogen-bond donors (Lipinski definition) is 2. The summed E-state index contributed by atoms with van der Waals surface area (Å²) >= 11 is 6.12. The number of nitrogens with one attached hydrogen (secondary N) is 2. The number of aromatic nitrogens is 5. The average molecular weight is 427 g/mol. The van der Waals surface area contributed by atoms with Gasteiger partial charge in [-0.3, -0.25) is 9.78 Å². The predicted molar refractivity (Wildman–Crippen MR) is 120 cm³/mol. The molecule has 0 unspecified atom stereocenters. The zero-order valence-corrected chi connectivity index (χ0v) is 16.8. The quantitative estimate of drug-likeness (QED) is 0.422. The van der Waals surface area contributed by atoms with E-state index in [1.54, 1.807) is 30.5 Å². The fourth-order valence-electron chi connectivity index (χ4n) is 3.38. The summed E-state index contributed by atoms with van der Waals surface area (Å²) in [6, 6.07) is 22.5. The number of pyridine rings is 1. The Hall–Kier alpha value is -4.10. The molecular formula is C23H15ClN6O. The number of carbonyl (C=O) groups is 1. The average Bonchev–Trinajstić information content (AvgIpc) is 3.35. The van der Waals surface area contributed by atoms with Crippen molar-refractivity contribution in [1.82, 2.24) is 25.6 Å². The molecule has 3 aromatic carbocycles. The largest absolute Gasteiger partial charge is 0.321 e. The van der Waals surface area contributed by atoms with Crippen LogP contribution in [-0.4, -0.2) is 31.5 Å². The van der Waals surface area contributed by atoms with Crippen LogP contribution in [0.2, 0.25) is 5.02 Å². The van der Waals surface area contributed by atoms with Crippen LogP contribution in [0.25, 0.3) is 33.4 Å². The number of H-pyrrole nitrogens is 1. The van der Waals surface area contributed by atoms with Gasteiger partial charge in [0.1, 0.15) is 0 Å². The van der Waals surface area contributed by atoms with Crippen LogP contribution in [0, 0.1) is 0 Å². The highest BCUT2D eigenvalue weighted by Crippen LogP contribution is 2.29. The molecule has 0 saturated heterocycles. The summed E-state index contributed by atoms with van der Waals surface area (Å²) in [5.41, 5.74) is 4.56. The van der Waals surface area contributed by atoms with Gasteiger partial charge in [0.25, 0.3) is 5.91 Å². The van der Waals surface area contributed by atoms with E-state index < -0.39 is 0 Å². The lowest BCUT2D eigenvalue weighted by Gasteiger charge is -2.11. The maximum absolute atomic E-state index is 13.0. The summed E-state index contributed by atoms with van der Waals surface area (Å²) < 4.78 is 0. The monoisotopic (exact) mass is 426 g/mol. The Morgan fingerprint density at radius 2 is 1.84 bits per heavy atom. The third-order valence-corrected chi connectivity index (χ3v) is 5.13. The summed E-state index contributed by atoms with van der Waals surface area (Å²) in [6.07, 6.45) is 1.77. The van der Waals surface area contributed by atoms with E-state index in [0.29, 0.717) is 27.7 Å². The first kappa shape index (κ1) is 18.9. The summed E-state index contributed by atoms with van der Waals surface area (Å²) in [5.74, 6) is 0.164. The minimum Gasteiger partial charge on any atom is -0.321 e. The number of anilines is 1. The first-order chi connectivity index (χ1) is 15.2. The second kappa shape index (κ2) is 7.97. The molecule has 150 valence electrons. The number of hydrogen-bond acceptors (Lipinski definition) is 5. The SMILES string of the molecule is O=C(Nc1ccc(Cl)cc1-c1nnn[nH]1)c1cccc(-c2ccc3ncccc3c2)c1. The molecule has 8 heteroatoms. The molecule has 0 radical (unpaired) electrons. The minimum atomic E-state index is -0.250. The molecule has 2 N–H and O–H groups in total. The molecule has 5 rings (SSSR count). The molecule has 0 bridgehead atoms. The van der Waals surface area contributed by atoms with E-state index >= 15 is 0 Å². The lowest BCUT2D eigenvalue weighted by atomic mass is 10.0. The van der Waals surface area contributed by atoms with E-state index in [0.717, 1.165) is 22.0 Å². The van der Waals surface area contributed by atoms with Crippen molar-refractivity contribution in [3.8, 4) is 22.5 Å². The molecule has 0 aliphatic carbocycles. The lowest BCUT2D eigenvalue weighted by Crippen LogP contribution is -2.12. The van der Waals surface area contributed by atoms with Crippen LogP contribution < -0.4 is 5.32 Å². The van der Waals surface area contributed by atoms with Crippen molar-refractivity contribution in [3.05, 3.63) is 89.6 Å². The third kappa shape index (κ3) is 3.86. The molecule has 31 heavy (non-hydrogen) atoms. The van der Waals surface area contributed by atoms with Gasteiger partial charge in [0, 0.05) is 27.7 Å². The lowest BCUT2D eigenvalue weighted by molar-refractivity contribution is 0.102. The smallest absolute Gasteiger partial charge is 0.255 e. The minimum absolute atomic E-state index is 0.250. The fourth-order valence-corrected chi connectivity index (χ4v) is 3.56. The number of nitrogens with zero attached hydrogens (tertiary/aromatic N) is 4. The van der Waals surface area contributed by atoms with Gasteiger partial charge in [-0.1, -0.05) is 35.9 Å². The topological polar surface area (TPSA) is 96.5 Å². The molecule has 0 aliphatic rings. The Labute approximate surface area is 182 Å². The van der Waals surface area contributed by atoms with E-state index in [9.17, 15) is 4.79 Å². The molecule has 0 aliphatic heterocycles. The highest BCUT2D eigenvalue weighted by molar-refractivity contribution is 6.31. The van der Waals surface area contributed by atoms with E-state index in [1.807, 2.05) is 42.5 Å². The maximum Gasteiger partial charge on any atom is 0.255 e. The molecule has 0 fully saturated rings. The van der Waals surface area contributed by atoms with Crippen molar-refractivity contribution in [2.45, 2.75) is 0 Å². The van der Waals surface area contributed by atoms with E-state index in [-0.39, 0.29) is 5.91 Å². The zero-order valence-electron chi connectivity index (χ0n) is 16.1. The van der Waals surface area contributed by atoms with Crippen LogP contribution in [0.5, 0.6) is 0 Å². The van der Waals surface area contributed by atoms with Crippen molar-refractivity contribution < 1.29 is 4.79 Å². The van der Waals surface area contributed by atoms with Crippen molar-refractivity contribution in [2.24, 2.45) is 0 Å². The molecule has 0 spiro atoms. The van der Waals surface area contributed by atoms with E-state index in [4.69, 9.17) is 11.6 Å². The van der Waals surface area contributed by atoms with E-state index in [1.165, 1.54) is 0 Å². The number of carbonyl (C=O) groups excluding carboxylic acids is 1. The molecule has 5 aromatic rings. The molecule has 0 atom stereocenters. The summed E-state index contributed by atoms with van der Waals surface area (Å²) in [7, 11) is 0. The van der Waals surface area contributed by atoms with Crippen molar-refractivity contribution in [2.75, 3.05) is 5.32 Å². The number of fused-ring (bicyclic) bond motifs is 1. The Balaban J connectivity index is 1.46. The highest BCUT2D eigenvalue weighted by Gasteiger charge is 2.14. The van der Waals surface area contributed by atoms with Gasteiger partial charge in [-0.25, -0.2) is 5.10 Å². The Morgan fingerprint density at radius 3 is 2.71 bits per heavy atom. The first-order valence-electron chi connectivity index (χ1n) is 9.47. The van der Waals surface area contributed by atoms with Crippen LogP contribution in [0.15, 0.2) is 79.0 Å². The number of amides is 1. The van der Waals surface area contributed by atoms with Gasteiger partial charge in [-0.2, -0.15) is 0 Å². The second-order valence-corrected chi connectivity index (χ2v) is 7.32. The fraction of sp³-hybridized carbons (Fsp3) is 0. The van der Waals surface area contributed by atoms with E-state index in [2.05, 4.69) is 37.0 Å². The van der Waals surface area contributed by atoms with Gasteiger partial charge >= 0.3 is 0 Å². The number of benzene rings is 3. The molecule has 0 saturated carbocycles. The van der Waals surface area contributed by atoms with Crippen molar-refractivity contribution in [3.63, 3.8) is 0 Å². The van der Waals surface area contributed by atoms with Crippen LogP contribution in [-0.2, 0) is 0 Å². The van der Waals surface area contributed by atoms with Gasteiger partial charge in [0.15, 0.2) is 5.82 Å². The predicted octanol–water partition coefficient (Wildman–Crippen LogP) is 4.99. The van der Waals surface area contributed by atoms with Crippen LogP contribution in [0.1, 0.15) is 10.4 Å². The van der Waals surface area contributed by atoms with Crippen LogP contribution in [0.4, 0.5) is 5.69 Å². The number of tetrazole rings is 1. The molecule has 7 nitrogen and oxygen atoms in total. The first-order valence-corrected chi connectivity index (χ1v) is 9.85. The van der Waals surface area contributed by atoms with Crippen LogP contribution in [0.3, 0.4) is 0 Å². The third-order valence-electron chi connectivity index (χ3n) is 4.89. The maximum atomic E-state index is 13.0. The summed E-state index contributed by atoms with van der Waals surface area (Å²) in [5, 5.41) is 18.3. The highest BCUT2D eigenvalue weighted by atomic mass is 35.5. The Kier molecular flexibility index (Phi) is 4.86. The van der Waals surface area contributed by atoms with Crippen LogP contribution >= 0.6 is 11.6 Å². The zero-order chi connectivity index (χ0) is 21.2. The Bertz CT molecular complexity index is 1400. The molecule has 2 heterocycles. The number of halogens is 1. The van der Waals surface area contributed by atoms with Gasteiger partial charge in [0.2, 0.25) is 0 Å². The summed E-state index contributed by atoms with van der Waals surface area (Å²) in [6.45, 7) is 0.